The number of nitrogens with one attached hydrogen (secondary N) is 1. The second kappa shape index (κ2) is 7.29. The number of alkyl halides is 3. The van der Waals surface area contributed by atoms with Crippen LogP contribution in [0.3, 0.4) is 0 Å². The highest BCUT2D eigenvalue weighted by Crippen LogP contribution is 2.35. The number of hydrogen-bond acceptors (Lipinski definition) is 3. The zero-order valence-electron chi connectivity index (χ0n) is 11.2. The highest BCUT2D eigenvalue weighted by Gasteiger charge is 2.36. The van der Waals surface area contributed by atoms with Crippen LogP contribution >= 0.6 is 12.4 Å². The third-order valence-electron chi connectivity index (χ3n) is 3.37. The minimum absolute atomic E-state index is 0. The molecule has 1 aliphatic rings. The van der Waals surface area contributed by atoms with Crippen molar-refractivity contribution in [1.29, 1.82) is 0 Å². The fourth-order valence-corrected chi connectivity index (χ4v) is 2.40. The lowest BCUT2D eigenvalue weighted by Crippen LogP contribution is -2.46. The van der Waals surface area contributed by atoms with Crippen LogP contribution in [0.5, 0.6) is 5.75 Å². The van der Waals surface area contributed by atoms with E-state index >= 15 is 0 Å². The number of piperazine rings is 1. The Labute approximate surface area is 126 Å². The Bertz CT molecular complexity index is 464. The highest BCUT2D eigenvalue weighted by atomic mass is 35.5. The number of hydrogen-bond donors (Lipinski definition) is 2. The predicted molar refractivity (Wildman–Crippen MR) is 73.2 cm³/mol. The molecule has 1 atom stereocenters. The van der Waals surface area contributed by atoms with Crippen molar-refractivity contribution in [3.63, 3.8) is 0 Å². The van der Waals surface area contributed by atoms with E-state index in [0.29, 0.717) is 26.2 Å². The molecule has 0 aromatic heterocycles. The number of nitrogens with zero attached hydrogens (tertiary/aromatic N) is 1. The molecule has 1 heterocycles. The molecule has 0 spiro atoms. The van der Waals surface area contributed by atoms with Crippen molar-refractivity contribution >= 4 is 12.4 Å². The molecule has 1 aromatic carbocycles. The molecule has 3 nitrogen and oxygen atoms in total. The van der Waals surface area contributed by atoms with Gasteiger partial charge in [0.15, 0.2) is 11.6 Å². The Hall–Kier alpha value is -1.05. The Morgan fingerprint density at radius 3 is 2.38 bits per heavy atom. The number of aromatic hydroxyl groups is 1. The van der Waals surface area contributed by atoms with E-state index in [1.807, 2.05) is 0 Å². The third-order valence-corrected chi connectivity index (χ3v) is 3.37. The molecule has 1 fully saturated rings. The van der Waals surface area contributed by atoms with Crippen LogP contribution < -0.4 is 5.32 Å². The first-order valence-electron chi connectivity index (χ1n) is 6.37. The van der Waals surface area contributed by atoms with Crippen molar-refractivity contribution in [2.45, 2.75) is 18.6 Å². The monoisotopic (exact) mass is 328 g/mol. The Morgan fingerprint density at radius 2 is 1.86 bits per heavy atom. The van der Waals surface area contributed by atoms with Gasteiger partial charge in [0.1, 0.15) is 0 Å². The number of rotatable bonds is 3. The Morgan fingerprint density at radius 1 is 1.24 bits per heavy atom. The van der Waals surface area contributed by atoms with Crippen LogP contribution in [0.15, 0.2) is 18.2 Å². The first-order chi connectivity index (χ1) is 9.37. The first-order valence-corrected chi connectivity index (χ1v) is 6.37. The van der Waals surface area contributed by atoms with Crippen LogP contribution in [0.2, 0.25) is 0 Å². The lowest BCUT2D eigenvalue weighted by molar-refractivity contribution is -0.148. The van der Waals surface area contributed by atoms with Gasteiger partial charge in [0, 0.05) is 32.2 Å². The first kappa shape index (κ1) is 18.0. The summed E-state index contributed by atoms with van der Waals surface area (Å²) in [6, 6.07) is 2.49. The van der Waals surface area contributed by atoms with Crippen molar-refractivity contribution in [3.8, 4) is 5.75 Å². The van der Waals surface area contributed by atoms with E-state index in [2.05, 4.69) is 5.32 Å². The summed E-state index contributed by atoms with van der Waals surface area (Å²) in [6.07, 6.45) is -5.36. The maximum absolute atomic E-state index is 13.4. The van der Waals surface area contributed by atoms with Crippen molar-refractivity contribution < 1.29 is 22.7 Å². The summed E-state index contributed by atoms with van der Waals surface area (Å²) in [5, 5.41) is 12.2. The van der Waals surface area contributed by atoms with Crippen LogP contribution in [0.4, 0.5) is 17.6 Å². The van der Waals surface area contributed by atoms with Crippen molar-refractivity contribution in [2.24, 2.45) is 0 Å². The van der Waals surface area contributed by atoms with E-state index in [-0.39, 0.29) is 18.0 Å². The van der Waals surface area contributed by atoms with Gasteiger partial charge in [-0.15, -0.1) is 12.4 Å². The fraction of sp³-hybridized carbons (Fsp3) is 0.538. The molecule has 21 heavy (non-hydrogen) atoms. The second-order valence-corrected chi connectivity index (χ2v) is 4.83. The average Bonchev–Trinajstić information content (AvgIpc) is 2.39. The lowest BCUT2D eigenvalue weighted by atomic mass is 10.0. The third kappa shape index (κ3) is 5.01. The zero-order chi connectivity index (χ0) is 14.8. The average molecular weight is 329 g/mol. The van der Waals surface area contributed by atoms with Gasteiger partial charge in [0.05, 0.1) is 6.42 Å². The SMILES string of the molecule is Cl.Oc1ccc([C@H](CC(F)(F)F)N2CCNCC2)cc1F. The molecular formula is C13H17ClF4N2O. The number of benzene rings is 1. The summed E-state index contributed by atoms with van der Waals surface area (Å²) in [6.45, 7) is 2.16. The van der Waals surface area contributed by atoms with Gasteiger partial charge in [-0.3, -0.25) is 4.90 Å². The quantitative estimate of drug-likeness (QED) is 0.838. The summed E-state index contributed by atoms with van der Waals surface area (Å²) in [5.41, 5.74) is 0.236. The molecule has 8 heteroatoms. The standard InChI is InChI=1S/C13H16F4N2O.ClH/c14-10-7-9(1-2-12(10)20)11(8-13(15,16)17)19-5-3-18-4-6-19;/h1-2,7,11,18,20H,3-6,8H2;1H/t11-;/m0./s1. The zero-order valence-corrected chi connectivity index (χ0v) is 12.0. The topological polar surface area (TPSA) is 35.5 Å². The molecular weight excluding hydrogens is 312 g/mol. The molecule has 1 aromatic rings. The van der Waals surface area contributed by atoms with Gasteiger partial charge < -0.3 is 10.4 Å². The summed E-state index contributed by atoms with van der Waals surface area (Å²) in [7, 11) is 0. The van der Waals surface area contributed by atoms with E-state index in [1.165, 1.54) is 6.07 Å². The smallest absolute Gasteiger partial charge is 0.390 e. The van der Waals surface area contributed by atoms with Gasteiger partial charge >= 0.3 is 6.18 Å². The largest absolute Gasteiger partial charge is 0.505 e. The lowest BCUT2D eigenvalue weighted by Gasteiger charge is -2.35. The van der Waals surface area contributed by atoms with E-state index in [9.17, 15) is 17.6 Å². The maximum Gasteiger partial charge on any atom is 0.390 e. The Kier molecular flexibility index (Phi) is 6.24. The van der Waals surface area contributed by atoms with Gasteiger partial charge in [-0.05, 0) is 17.7 Å². The van der Waals surface area contributed by atoms with Crippen LogP contribution in [-0.2, 0) is 0 Å². The molecule has 1 saturated heterocycles. The van der Waals surface area contributed by atoms with Crippen LogP contribution in [0, 0.1) is 5.82 Å². The van der Waals surface area contributed by atoms with Gasteiger partial charge in [0.2, 0.25) is 0 Å². The van der Waals surface area contributed by atoms with Gasteiger partial charge in [-0.25, -0.2) is 4.39 Å². The van der Waals surface area contributed by atoms with E-state index in [0.717, 1.165) is 12.1 Å². The van der Waals surface area contributed by atoms with Crippen LogP contribution in [-0.4, -0.2) is 42.4 Å². The summed E-state index contributed by atoms with van der Waals surface area (Å²) in [5.74, 6) is -1.45. The second-order valence-electron chi connectivity index (χ2n) is 4.83. The number of phenols is 1. The van der Waals surface area contributed by atoms with Crippen molar-refractivity contribution in [2.75, 3.05) is 26.2 Å². The Balaban J connectivity index is 0.00000220. The van der Waals surface area contributed by atoms with Gasteiger partial charge in [-0.1, -0.05) is 6.07 Å². The molecule has 0 amide bonds. The normalized spacial score (nSPS) is 18.1. The summed E-state index contributed by atoms with van der Waals surface area (Å²) in [4.78, 5) is 1.69. The molecule has 0 saturated carbocycles. The number of halogens is 5. The molecule has 0 bridgehead atoms. The molecule has 2 N–H and O–H groups in total. The molecule has 0 aliphatic carbocycles. The van der Waals surface area contributed by atoms with Crippen LogP contribution in [0.25, 0.3) is 0 Å². The van der Waals surface area contributed by atoms with E-state index in [1.54, 1.807) is 4.90 Å². The molecule has 0 unspecified atom stereocenters. The predicted octanol–water partition coefficient (Wildman–Crippen LogP) is 2.85. The van der Waals surface area contributed by atoms with Gasteiger partial charge in [-0.2, -0.15) is 13.2 Å². The molecule has 0 radical (unpaired) electrons. The van der Waals surface area contributed by atoms with Crippen molar-refractivity contribution in [3.05, 3.63) is 29.6 Å². The van der Waals surface area contributed by atoms with Crippen molar-refractivity contribution in [1.82, 2.24) is 10.2 Å². The highest BCUT2D eigenvalue weighted by molar-refractivity contribution is 5.85. The van der Waals surface area contributed by atoms with E-state index < -0.39 is 30.2 Å². The minimum Gasteiger partial charge on any atom is -0.505 e. The van der Waals surface area contributed by atoms with Crippen LogP contribution in [0.1, 0.15) is 18.0 Å². The fourth-order valence-electron chi connectivity index (χ4n) is 2.40. The molecule has 120 valence electrons. The maximum atomic E-state index is 13.4. The molecule has 2 rings (SSSR count). The number of phenolic OH excluding ortho intramolecular Hbond substituents is 1. The van der Waals surface area contributed by atoms with E-state index in [4.69, 9.17) is 5.11 Å². The van der Waals surface area contributed by atoms with Gasteiger partial charge in [0.25, 0.3) is 0 Å². The summed E-state index contributed by atoms with van der Waals surface area (Å²) >= 11 is 0. The summed E-state index contributed by atoms with van der Waals surface area (Å²) < 4.78 is 51.6. The minimum atomic E-state index is -4.33. The molecule has 1 aliphatic heterocycles.